The number of carbonyl (C=O) groups is 1. The summed E-state index contributed by atoms with van der Waals surface area (Å²) in [6.07, 6.45) is -2.44. The van der Waals surface area contributed by atoms with Crippen LogP contribution in [0.3, 0.4) is 0 Å². The summed E-state index contributed by atoms with van der Waals surface area (Å²) in [5.41, 5.74) is -1.54. The van der Waals surface area contributed by atoms with Gasteiger partial charge in [0.25, 0.3) is 0 Å². The predicted molar refractivity (Wildman–Crippen MR) is 63.9 cm³/mol. The fourth-order valence-electron chi connectivity index (χ4n) is 2.21. The molecule has 0 bridgehead atoms. The maximum atomic E-state index is 13.1. The Labute approximate surface area is 113 Å². The van der Waals surface area contributed by atoms with E-state index in [1.807, 2.05) is 0 Å². The zero-order valence-electron chi connectivity index (χ0n) is 10.7. The van der Waals surface area contributed by atoms with Gasteiger partial charge in [-0.05, 0) is 37.5 Å². The Bertz CT molecular complexity index is 490. The molecule has 1 atom stereocenters. The van der Waals surface area contributed by atoms with Gasteiger partial charge in [-0.1, -0.05) is 0 Å². The summed E-state index contributed by atoms with van der Waals surface area (Å²) in [7, 11) is 0. The Morgan fingerprint density at radius 3 is 2.65 bits per heavy atom. The van der Waals surface area contributed by atoms with Crippen LogP contribution in [0.4, 0.5) is 17.6 Å². The highest BCUT2D eigenvalue weighted by Gasteiger charge is 2.34. The number of ether oxygens (including phenoxy) is 1. The highest BCUT2D eigenvalue weighted by atomic mass is 19.4. The smallest absolute Gasteiger partial charge is 0.378 e. The molecule has 2 rings (SSSR count). The van der Waals surface area contributed by atoms with E-state index in [1.54, 1.807) is 0 Å². The second kappa shape index (κ2) is 5.91. The maximum Gasteiger partial charge on any atom is 0.419 e. The third kappa shape index (κ3) is 3.56. The van der Waals surface area contributed by atoms with E-state index in [0.717, 1.165) is 25.3 Å². The largest absolute Gasteiger partial charge is 0.419 e. The van der Waals surface area contributed by atoms with Crippen LogP contribution >= 0.6 is 0 Å². The van der Waals surface area contributed by atoms with E-state index in [1.165, 1.54) is 0 Å². The van der Waals surface area contributed by atoms with Gasteiger partial charge in [0.05, 0.1) is 11.7 Å². The Hall–Kier alpha value is -1.43. The minimum absolute atomic E-state index is 0.0307. The number of Topliss-reactive ketones (excluding diaryl/α,β-unsaturated/α-hetero) is 1. The van der Waals surface area contributed by atoms with Gasteiger partial charge in [-0.2, -0.15) is 13.2 Å². The van der Waals surface area contributed by atoms with Gasteiger partial charge < -0.3 is 4.74 Å². The van der Waals surface area contributed by atoms with Crippen molar-refractivity contribution < 1.29 is 27.1 Å². The van der Waals surface area contributed by atoms with Crippen LogP contribution in [0.25, 0.3) is 0 Å². The highest BCUT2D eigenvalue weighted by molar-refractivity contribution is 5.96. The maximum absolute atomic E-state index is 13.1. The van der Waals surface area contributed by atoms with Crippen LogP contribution in [0.2, 0.25) is 0 Å². The molecule has 2 nitrogen and oxygen atoms in total. The number of ketones is 1. The van der Waals surface area contributed by atoms with Crippen molar-refractivity contribution in [1.29, 1.82) is 0 Å². The molecular weight excluding hydrogens is 276 g/mol. The van der Waals surface area contributed by atoms with Gasteiger partial charge in [-0.25, -0.2) is 4.39 Å². The molecule has 0 N–H and O–H groups in total. The van der Waals surface area contributed by atoms with Crippen molar-refractivity contribution in [3.63, 3.8) is 0 Å². The van der Waals surface area contributed by atoms with Crippen molar-refractivity contribution in [1.82, 2.24) is 0 Å². The van der Waals surface area contributed by atoms with Gasteiger partial charge in [-0.15, -0.1) is 0 Å². The molecule has 1 unspecified atom stereocenters. The molecule has 1 saturated heterocycles. The van der Waals surface area contributed by atoms with Gasteiger partial charge in [-0.3, -0.25) is 4.79 Å². The summed E-state index contributed by atoms with van der Waals surface area (Å²) >= 11 is 0. The lowest BCUT2D eigenvalue weighted by molar-refractivity contribution is -0.140. The van der Waals surface area contributed by atoms with Crippen molar-refractivity contribution >= 4 is 5.78 Å². The highest BCUT2D eigenvalue weighted by Crippen LogP contribution is 2.32. The summed E-state index contributed by atoms with van der Waals surface area (Å²) in [4.78, 5) is 11.9. The van der Waals surface area contributed by atoms with Gasteiger partial charge >= 0.3 is 6.18 Å². The third-order valence-corrected chi connectivity index (χ3v) is 3.28. The van der Waals surface area contributed by atoms with Crippen LogP contribution in [0, 0.1) is 5.82 Å². The number of hydrogen-bond donors (Lipinski definition) is 0. The quantitative estimate of drug-likeness (QED) is 0.621. The molecule has 1 aromatic carbocycles. The molecule has 0 aliphatic carbocycles. The van der Waals surface area contributed by atoms with E-state index in [9.17, 15) is 22.4 Å². The monoisotopic (exact) mass is 290 g/mol. The Morgan fingerprint density at radius 2 is 2.05 bits per heavy atom. The van der Waals surface area contributed by atoms with Gasteiger partial charge in [0.2, 0.25) is 0 Å². The van der Waals surface area contributed by atoms with E-state index in [-0.39, 0.29) is 18.1 Å². The Balaban J connectivity index is 2.13. The van der Waals surface area contributed by atoms with Crippen LogP contribution < -0.4 is 0 Å². The Morgan fingerprint density at radius 1 is 1.30 bits per heavy atom. The molecule has 0 amide bonds. The van der Waals surface area contributed by atoms with Crippen molar-refractivity contribution in [2.45, 2.75) is 38.0 Å². The van der Waals surface area contributed by atoms with Crippen LogP contribution in [-0.2, 0) is 10.9 Å². The van der Waals surface area contributed by atoms with Crippen molar-refractivity contribution in [2.24, 2.45) is 0 Å². The standard InChI is InChI=1S/C14H14F4O2/c15-12-5-4-9(7-11(12)14(16,17)18)13(19)8-10-3-1-2-6-20-10/h4-5,7,10H,1-3,6,8H2. The summed E-state index contributed by atoms with van der Waals surface area (Å²) in [6, 6.07) is 2.33. The van der Waals surface area contributed by atoms with Crippen molar-refractivity contribution in [2.75, 3.05) is 6.61 Å². The first-order chi connectivity index (χ1) is 9.38. The zero-order valence-corrected chi connectivity index (χ0v) is 10.7. The van der Waals surface area contributed by atoms with E-state index in [4.69, 9.17) is 4.74 Å². The molecule has 0 saturated carbocycles. The molecule has 0 spiro atoms. The summed E-state index contributed by atoms with van der Waals surface area (Å²) < 4.78 is 56.2. The Kier molecular flexibility index (Phi) is 4.42. The average Bonchev–Trinajstić information content (AvgIpc) is 2.39. The first kappa shape index (κ1) is 15.0. The molecule has 110 valence electrons. The predicted octanol–water partition coefficient (Wildman–Crippen LogP) is 3.99. The van der Waals surface area contributed by atoms with Crippen LogP contribution in [0.5, 0.6) is 0 Å². The molecule has 1 heterocycles. The number of halogens is 4. The van der Waals surface area contributed by atoms with Crippen LogP contribution in [-0.4, -0.2) is 18.5 Å². The number of hydrogen-bond acceptors (Lipinski definition) is 2. The summed E-state index contributed by atoms with van der Waals surface area (Å²) in [5, 5.41) is 0. The molecule has 6 heteroatoms. The lowest BCUT2D eigenvalue weighted by Crippen LogP contribution is -2.22. The molecule has 0 aromatic heterocycles. The molecule has 20 heavy (non-hydrogen) atoms. The van der Waals surface area contributed by atoms with Gasteiger partial charge in [0, 0.05) is 18.6 Å². The minimum atomic E-state index is -4.80. The normalized spacial score (nSPS) is 19.9. The van der Waals surface area contributed by atoms with Gasteiger partial charge in [0.1, 0.15) is 5.82 Å². The SMILES string of the molecule is O=C(CC1CCCCO1)c1ccc(F)c(C(F)(F)F)c1. The van der Waals surface area contributed by atoms with E-state index in [0.29, 0.717) is 18.7 Å². The molecule has 1 aromatic rings. The van der Waals surface area contributed by atoms with E-state index >= 15 is 0 Å². The second-order valence-corrected chi connectivity index (χ2v) is 4.81. The molecule has 1 aliphatic heterocycles. The lowest BCUT2D eigenvalue weighted by atomic mass is 9.98. The minimum Gasteiger partial charge on any atom is -0.378 e. The number of benzene rings is 1. The topological polar surface area (TPSA) is 26.3 Å². The molecule has 1 aliphatic rings. The molecule has 1 fully saturated rings. The summed E-state index contributed by atoms with van der Waals surface area (Å²) in [5.74, 6) is -1.83. The lowest BCUT2D eigenvalue weighted by Gasteiger charge is -2.21. The van der Waals surface area contributed by atoms with E-state index < -0.39 is 23.3 Å². The number of carbonyl (C=O) groups excluding carboxylic acids is 1. The molecule has 0 radical (unpaired) electrons. The average molecular weight is 290 g/mol. The van der Waals surface area contributed by atoms with Gasteiger partial charge in [0.15, 0.2) is 5.78 Å². The molecular formula is C14H14F4O2. The number of alkyl halides is 3. The zero-order chi connectivity index (χ0) is 14.8. The number of rotatable bonds is 3. The van der Waals surface area contributed by atoms with Crippen molar-refractivity contribution in [3.05, 3.63) is 35.1 Å². The van der Waals surface area contributed by atoms with Crippen LogP contribution in [0.1, 0.15) is 41.6 Å². The van der Waals surface area contributed by atoms with Crippen molar-refractivity contribution in [3.8, 4) is 0 Å². The first-order valence-electron chi connectivity index (χ1n) is 6.39. The summed E-state index contributed by atoms with van der Waals surface area (Å²) in [6.45, 7) is 0.565. The fraction of sp³-hybridized carbons (Fsp3) is 0.500. The van der Waals surface area contributed by atoms with Crippen LogP contribution in [0.15, 0.2) is 18.2 Å². The fourth-order valence-corrected chi connectivity index (χ4v) is 2.21. The third-order valence-electron chi connectivity index (χ3n) is 3.28. The first-order valence-corrected chi connectivity index (χ1v) is 6.39. The van der Waals surface area contributed by atoms with E-state index in [2.05, 4.69) is 0 Å². The second-order valence-electron chi connectivity index (χ2n) is 4.81.